The van der Waals surface area contributed by atoms with Crippen molar-refractivity contribution >= 4 is 17.2 Å². The Hall–Kier alpha value is -0.910. The number of ether oxygens (including phenoxy) is 1. The van der Waals surface area contributed by atoms with Gasteiger partial charge >= 0.3 is 0 Å². The zero-order chi connectivity index (χ0) is 13.1. The smallest absolute Gasteiger partial charge is 0.238 e. The number of thiophene rings is 1. The van der Waals surface area contributed by atoms with Gasteiger partial charge in [0.2, 0.25) is 5.91 Å². The second kappa shape index (κ2) is 5.82. The molecule has 5 heteroatoms. The minimum atomic E-state index is 0.0131. The predicted octanol–water partition coefficient (Wildman–Crippen LogP) is 1.91. The van der Waals surface area contributed by atoms with E-state index in [9.17, 15) is 4.79 Å². The Morgan fingerprint density at radius 1 is 1.61 bits per heavy atom. The first-order valence-corrected chi connectivity index (χ1v) is 7.14. The molecule has 1 aromatic rings. The summed E-state index contributed by atoms with van der Waals surface area (Å²) in [4.78, 5) is 16.3. The molecule has 1 aliphatic rings. The highest BCUT2D eigenvalue weighted by Crippen LogP contribution is 2.28. The van der Waals surface area contributed by atoms with Crippen LogP contribution in [0.25, 0.3) is 0 Å². The third-order valence-corrected chi connectivity index (χ3v) is 4.07. The van der Waals surface area contributed by atoms with E-state index in [4.69, 9.17) is 4.74 Å². The Balaban J connectivity index is 2.08. The monoisotopic (exact) mass is 268 g/mol. The van der Waals surface area contributed by atoms with Crippen molar-refractivity contribution in [1.29, 1.82) is 0 Å². The summed E-state index contributed by atoms with van der Waals surface area (Å²) in [5.74, 6) is 0.151. The zero-order valence-corrected chi connectivity index (χ0v) is 11.9. The summed E-state index contributed by atoms with van der Waals surface area (Å²) in [5, 5.41) is 3.26. The molecule has 0 radical (unpaired) electrons. The van der Waals surface area contributed by atoms with E-state index in [1.165, 1.54) is 9.75 Å². The number of amides is 1. The van der Waals surface area contributed by atoms with Gasteiger partial charge in [-0.3, -0.25) is 10.1 Å². The molecule has 1 amide bonds. The number of nitrogens with zero attached hydrogens (tertiary/aromatic N) is 1. The summed E-state index contributed by atoms with van der Waals surface area (Å²) >= 11 is 1.73. The molecule has 1 N–H and O–H groups in total. The number of carbonyl (C=O) groups is 1. The molecule has 4 nitrogen and oxygen atoms in total. The van der Waals surface area contributed by atoms with Gasteiger partial charge in [0.05, 0.1) is 12.6 Å². The van der Waals surface area contributed by atoms with Crippen LogP contribution in [0.2, 0.25) is 0 Å². The van der Waals surface area contributed by atoms with Gasteiger partial charge < -0.3 is 9.64 Å². The van der Waals surface area contributed by atoms with Gasteiger partial charge in [0.15, 0.2) is 0 Å². The topological polar surface area (TPSA) is 41.6 Å². The molecule has 1 fully saturated rings. The number of nitrogens with one attached hydrogen (secondary N) is 1. The Labute approximate surface area is 112 Å². The summed E-state index contributed by atoms with van der Waals surface area (Å²) in [6.45, 7) is 7.80. The molecular formula is C13H20N2O2S. The van der Waals surface area contributed by atoms with Crippen molar-refractivity contribution in [1.82, 2.24) is 10.2 Å². The summed E-state index contributed by atoms with van der Waals surface area (Å²) in [6, 6.07) is 4.18. The average molecular weight is 268 g/mol. The first-order valence-electron chi connectivity index (χ1n) is 6.32. The molecule has 1 saturated heterocycles. The van der Waals surface area contributed by atoms with Gasteiger partial charge in [-0.15, -0.1) is 11.3 Å². The van der Waals surface area contributed by atoms with E-state index in [0.717, 1.165) is 0 Å². The highest BCUT2D eigenvalue weighted by molar-refractivity contribution is 7.12. The van der Waals surface area contributed by atoms with Gasteiger partial charge in [-0.1, -0.05) is 0 Å². The first kappa shape index (κ1) is 13.5. The van der Waals surface area contributed by atoms with E-state index in [0.29, 0.717) is 19.7 Å². The van der Waals surface area contributed by atoms with Gasteiger partial charge in [-0.05, 0) is 32.9 Å². The second-order valence-corrected chi connectivity index (χ2v) is 5.86. The highest BCUT2D eigenvalue weighted by atomic mass is 32.1. The Morgan fingerprint density at radius 3 is 3.00 bits per heavy atom. The minimum absolute atomic E-state index is 0.0131. The number of carbonyl (C=O) groups excluding carboxylic acids is 1. The fraction of sp³-hybridized carbons (Fsp3) is 0.615. The lowest BCUT2D eigenvalue weighted by Gasteiger charge is -2.26. The molecule has 2 heterocycles. The molecule has 0 bridgehead atoms. The van der Waals surface area contributed by atoms with Gasteiger partial charge in [-0.25, -0.2) is 0 Å². The van der Waals surface area contributed by atoms with E-state index < -0.39 is 0 Å². The van der Waals surface area contributed by atoms with Crippen LogP contribution in [0.3, 0.4) is 0 Å². The summed E-state index contributed by atoms with van der Waals surface area (Å²) in [5.41, 5.74) is 0. The lowest BCUT2D eigenvalue weighted by Crippen LogP contribution is -2.36. The Morgan fingerprint density at radius 2 is 2.39 bits per heavy atom. The molecule has 2 atom stereocenters. The molecule has 1 aromatic heterocycles. The van der Waals surface area contributed by atoms with Crippen molar-refractivity contribution in [3.63, 3.8) is 0 Å². The summed E-state index contributed by atoms with van der Waals surface area (Å²) in [6.07, 6.45) is 0.0847. The molecular weight excluding hydrogens is 248 g/mol. The lowest BCUT2D eigenvalue weighted by atomic mass is 10.3. The van der Waals surface area contributed by atoms with Crippen molar-refractivity contribution in [3.05, 3.63) is 21.9 Å². The second-order valence-electron chi connectivity index (χ2n) is 4.54. The fourth-order valence-electron chi connectivity index (χ4n) is 2.22. The Kier molecular flexibility index (Phi) is 4.37. The van der Waals surface area contributed by atoms with Crippen LogP contribution in [0.4, 0.5) is 0 Å². The van der Waals surface area contributed by atoms with Gasteiger partial charge in [-0.2, -0.15) is 0 Å². The van der Waals surface area contributed by atoms with Crippen molar-refractivity contribution in [2.45, 2.75) is 33.0 Å². The van der Waals surface area contributed by atoms with Crippen LogP contribution < -0.4 is 5.32 Å². The fourth-order valence-corrected chi connectivity index (χ4v) is 3.18. The number of hydrogen-bond acceptors (Lipinski definition) is 4. The van der Waals surface area contributed by atoms with Crippen LogP contribution in [0.1, 0.15) is 29.8 Å². The van der Waals surface area contributed by atoms with Crippen LogP contribution in [-0.4, -0.2) is 36.6 Å². The molecule has 1 aliphatic heterocycles. The van der Waals surface area contributed by atoms with Gasteiger partial charge in [0, 0.05) is 22.9 Å². The van der Waals surface area contributed by atoms with Gasteiger partial charge in [0.1, 0.15) is 6.17 Å². The maximum absolute atomic E-state index is 11.9. The molecule has 2 rings (SSSR count). The SMILES string of the molecule is CCOC(C)CN1C(=O)CNC1c1ccc(C)s1. The average Bonchev–Trinajstić information content (AvgIpc) is 2.87. The molecule has 0 aromatic carbocycles. The quantitative estimate of drug-likeness (QED) is 0.887. The minimum Gasteiger partial charge on any atom is -0.377 e. The molecule has 100 valence electrons. The normalized spacial score (nSPS) is 21.6. The number of hydrogen-bond donors (Lipinski definition) is 1. The molecule has 18 heavy (non-hydrogen) atoms. The summed E-state index contributed by atoms with van der Waals surface area (Å²) in [7, 11) is 0. The highest BCUT2D eigenvalue weighted by Gasteiger charge is 2.33. The van der Waals surface area contributed by atoms with Crippen LogP contribution in [0.5, 0.6) is 0 Å². The summed E-state index contributed by atoms with van der Waals surface area (Å²) < 4.78 is 5.52. The van der Waals surface area contributed by atoms with Crippen LogP contribution in [0, 0.1) is 6.92 Å². The maximum atomic E-state index is 11.9. The lowest BCUT2D eigenvalue weighted by molar-refractivity contribution is -0.129. The van der Waals surface area contributed by atoms with Crippen LogP contribution >= 0.6 is 11.3 Å². The molecule has 2 unspecified atom stereocenters. The standard InChI is InChI=1S/C13H20N2O2S/c1-4-17-9(2)8-15-12(16)7-14-13(15)11-6-5-10(3)18-11/h5-6,9,13-14H,4,7-8H2,1-3H3. The number of rotatable bonds is 5. The van der Waals surface area contributed by atoms with Gasteiger partial charge in [0.25, 0.3) is 0 Å². The molecule has 0 saturated carbocycles. The van der Waals surface area contributed by atoms with Crippen molar-refractivity contribution in [2.24, 2.45) is 0 Å². The zero-order valence-electron chi connectivity index (χ0n) is 11.1. The Bertz CT molecular complexity index is 419. The van der Waals surface area contributed by atoms with Crippen molar-refractivity contribution < 1.29 is 9.53 Å². The number of aryl methyl sites for hydroxylation is 1. The third-order valence-electron chi connectivity index (χ3n) is 3.01. The largest absolute Gasteiger partial charge is 0.377 e. The molecule has 0 aliphatic carbocycles. The first-order chi connectivity index (χ1) is 8.61. The van der Waals surface area contributed by atoms with Crippen LogP contribution in [0.15, 0.2) is 12.1 Å². The van der Waals surface area contributed by atoms with E-state index in [2.05, 4.69) is 24.4 Å². The maximum Gasteiger partial charge on any atom is 0.238 e. The molecule has 0 spiro atoms. The van der Waals surface area contributed by atoms with E-state index in [-0.39, 0.29) is 18.2 Å². The van der Waals surface area contributed by atoms with Crippen molar-refractivity contribution in [2.75, 3.05) is 19.7 Å². The predicted molar refractivity (Wildman–Crippen MR) is 72.6 cm³/mol. The third kappa shape index (κ3) is 2.91. The van der Waals surface area contributed by atoms with E-state index >= 15 is 0 Å². The van der Waals surface area contributed by atoms with E-state index in [1.807, 2.05) is 18.7 Å². The van der Waals surface area contributed by atoms with Crippen molar-refractivity contribution in [3.8, 4) is 0 Å². The van der Waals surface area contributed by atoms with E-state index in [1.54, 1.807) is 11.3 Å². The van der Waals surface area contributed by atoms with Crippen LogP contribution in [-0.2, 0) is 9.53 Å².